The van der Waals surface area contributed by atoms with Crippen LogP contribution in [-0.2, 0) is 16.3 Å². The quantitative estimate of drug-likeness (QED) is 0.878. The fraction of sp³-hybridized carbons (Fsp3) is 0.462. The van der Waals surface area contributed by atoms with Crippen molar-refractivity contribution in [1.29, 1.82) is 0 Å². The molecule has 0 unspecified atom stereocenters. The van der Waals surface area contributed by atoms with Crippen molar-refractivity contribution in [2.24, 2.45) is 0 Å². The molecule has 0 radical (unpaired) electrons. The second-order valence-corrected chi connectivity index (χ2v) is 7.09. The molecule has 0 spiro atoms. The summed E-state index contributed by atoms with van der Waals surface area (Å²) in [5.74, 6) is -0.634. The minimum Gasteiger partial charge on any atom is -0.478 e. The second kappa shape index (κ2) is 5.21. The van der Waals surface area contributed by atoms with E-state index >= 15 is 0 Å². The summed E-state index contributed by atoms with van der Waals surface area (Å²) in [7, 11) is -2.97. The summed E-state index contributed by atoms with van der Waals surface area (Å²) >= 11 is 0. The molecule has 0 bridgehead atoms. The number of carbonyl (C=O) groups is 1. The van der Waals surface area contributed by atoms with Gasteiger partial charge in [-0.15, -0.1) is 0 Å². The zero-order chi connectivity index (χ0) is 14.0. The molecular weight excluding hydrogens is 266 g/mol. The van der Waals surface area contributed by atoms with Crippen LogP contribution >= 0.6 is 0 Å². The number of fused-ring (bicyclic) bond motifs is 1. The molecular formula is C13H17NO4S. The van der Waals surface area contributed by atoms with E-state index in [0.29, 0.717) is 6.54 Å². The molecule has 0 atom stereocenters. The minimum atomic E-state index is -2.97. The van der Waals surface area contributed by atoms with Crippen LogP contribution in [0.1, 0.15) is 22.8 Å². The molecule has 0 aromatic heterocycles. The monoisotopic (exact) mass is 283 g/mol. The summed E-state index contributed by atoms with van der Waals surface area (Å²) in [5.41, 5.74) is 2.21. The van der Waals surface area contributed by atoms with Gasteiger partial charge in [0.15, 0.2) is 9.84 Å². The number of sulfone groups is 1. The lowest BCUT2D eigenvalue weighted by atomic mass is 10.1. The Kier molecular flexibility index (Phi) is 3.80. The van der Waals surface area contributed by atoms with E-state index in [1.165, 1.54) is 0 Å². The van der Waals surface area contributed by atoms with Crippen LogP contribution in [-0.4, -0.2) is 44.1 Å². The zero-order valence-corrected chi connectivity index (χ0v) is 11.6. The topological polar surface area (TPSA) is 74.7 Å². The van der Waals surface area contributed by atoms with E-state index < -0.39 is 15.8 Å². The van der Waals surface area contributed by atoms with Crippen molar-refractivity contribution in [3.05, 3.63) is 29.3 Å². The normalized spacial score (nSPS) is 14.5. The van der Waals surface area contributed by atoms with Crippen LogP contribution in [0.3, 0.4) is 0 Å². The highest BCUT2D eigenvalue weighted by atomic mass is 32.2. The summed E-state index contributed by atoms with van der Waals surface area (Å²) in [4.78, 5) is 12.9. The molecule has 0 saturated carbocycles. The number of hydrogen-bond acceptors (Lipinski definition) is 4. The van der Waals surface area contributed by atoms with Gasteiger partial charge in [0.25, 0.3) is 0 Å². The van der Waals surface area contributed by atoms with Crippen molar-refractivity contribution in [2.75, 3.05) is 29.5 Å². The standard InChI is InChI=1S/C13H17NO4S/c1-2-19(17,18)8-7-14-6-5-10-9-11(13(15)16)3-4-12(10)14/h3-4,9H,2,5-8H2,1H3,(H,15,16). The fourth-order valence-electron chi connectivity index (χ4n) is 2.23. The lowest BCUT2D eigenvalue weighted by Gasteiger charge is -2.19. The molecule has 1 aromatic rings. The smallest absolute Gasteiger partial charge is 0.335 e. The Morgan fingerprint density at radius 3 is 2.79 bits per heavy atom. The van der Waals surface area contributed by atoms with Crippen LogP contribution in [0.4, 0.5) is 5.69 Å². The van der Waals surface area contributed by atoms with Crippen LogP contribution in [0.5, 0.6) is 0 Å². The number of nitrogens with zero attached hydrogens (tertiary/aromatic N) is 1. The molecule has 2 rings (SSSR count). The van der Waals surface area contributed by atoms with E-state index in [0.717, 1.165) is 24.2 Å². The van der Waals surface area contributed by atoms with Gasteiger partial charge in [-0.3, -0.25) is 0 Å². The second-order valence-electron chi connectivity index (χ2n) is 4.62. The third kappa shape index (κ3) is 3.07. The summed E-state index contributed by atoms with van der Waals surface area (Å²) < 4.78 is 23.0. The lowest BCUT2D eigenvalue weighted by Crippen LogP contribution is -2.28. The first-order valence-corrected chi connectivity index (χ1v) is 8.06. The molecule has 0 fully saturated rings. The third-order valence-corrected chi connectivity index (χ3v) is 5.11. The van der Waals surface area contributed by atoms with Gasteiger partial charge in [0.1, 0.15) is 0 Å². The van der Waals surface area contributed by atoms with Crippen molar-refractivity contribution in [3.8, 4) is 0 Å². The van der Waals surface area contributed by atoms with E-state index in [9.17, 15) is 13.2 Å². The third-order valence-electron chi connectivity index (χ3n) is 3.43. The number of carboxylic acid groups (broad SMARTS) is 1. The van der Waals surface area contributed by atoms with Crippen LogP contribution in [0.2, 0.25) is 0 Å². The number of benzene rings is 1. The van der Waals surface area contributed by atoms with Gasteiger partial charge in [0.2, 0.25) is 0 Å². The molecule has 1 aromatic carbocycles. The molecule has 1 aliphatic heterocycles. The van der Waals surface area contributed by atoms with Gasteiger partial charge < -0.3 is 10.0 Å². The van der Waals surface area contributed by atoms with Gasteiger partial charge >= 0.3 is 5.97 Å². The Hall–Kier alpha value is -1.56. The van der Waals surface area contributed by atoms with Gasteiger partial charge in [0.05, 0.1) is 11.3 Å². The zero-order valence-electron chi connectivity index (χ0n) is 10.8. The number of carboxylic acids is 1. The van der Waals surface area contributed by atoms with Crippen LogP contribution in [0, 0.1) is 0 Å². The van der Waals surface area contributed by atoms with Crippen molar-refractivity contribution in [3.63, 3.8) is 0 Å². The molecule has 0 saturated heterocycles. The molecule has 104 valence electrons. The van der Waals surface area contributed by atoms with Crippen molar-refractivity contribution in [2.45, 2.75) is 13.3 Å². The maximum atomic E-state index is 11.5. The lowest BCUT2D eigenvalue weighted by molar-refractivity contribution is 0.0697. The Balaban J connectivity index is 2.12. The van der Waals surface area contributed by atoms with E-state index in [1.54, 1.807) is 25.1 Å². The number of rotatable bonds is 5. The van der Waals surface area contributed by atoms with Crippen molar-refractivity contribution in [1.82, 2.24) is 0 Å². The van der Waals surface area contributed by atoms with Crippen molar-refractivity contribution < 1.29 is 18.3 Å². The predicted molar refractivity (Wildman–Crippen MR) is 73.6 cm³/mol. The Morgan fingerprint density at radius 1 is 1.42 bits per heavy atom. The number of aromatic carboxylic acids is 1. The summed E-state index contributed by atoms with van der Waals surface area (Å²) in [6, 6.07) is 5.00. The maximum Gasteiger partial charge on any atom is 0.335 e. The summed E-state index contributed by atoms with van der Waals surface area (Å²) in [6.07, 6.45) is 0.766. The van der Waals surface area contributed by atoms with Crippen LogP contribution in [0.25, 0.3) is 0 Å². The molecule has 1 aliphatic rings. The Morgan fingerprint density at radius 2 is 2.16 bits per heavy atom. The molecule has 5 nitrogen and oxygen atoms in total. The first-order chi connectivity index (χ1) is 8.93. The molecule has 6 heteroatoms. The van der Waals surface area contributed by atoms with Crippen LogP contribution in [0.15, 0.2) is 18.2 Å². The largest absolute Gasteiger partial charge is 0.478 e. The first-order valence-electron chi connectivity index (χ1n) is 6.24. The van der Waals surface area contributed by atoms with E-state index in [4.69, 9.17) is 5.11 Å². The predicted octanol–water partition coefficient (Wildman–Crippen LogP) is 1.18. The van der Waals surface area contributed by atoms with Crippen LogP contribution < -0.4 is 4.90 Å². The minimum absolute atomic E-state index is 0.142. The highest BCUT2D eigenvalue weighted by molar-refractivity contribution is 7.91. The van der Waals surface area contributed by atoms with Gasteiger partial charge in [-0.1, -0.05) is 6.92 Å². The number of anilines is 1. The average Bonchev–Trinajstić information content (AvgIpc) is 2.78. The van der Waals surface area contributed by atoms with Gasteiger partial charge in [0, 0.05) is 24.5 Å². The van der Waals surface area contributed by atoms with E-state index in [-0.39, 0.29) is 17.1 Å². The van der Waals surface area contributed by atoms with Gasteiger partial charge in [-0.25, -0.2) is 13.2 Å². The molecule has 1 N–H and O–H groups in total. The molecule has 1 heterocycles. The Bertz CT molecular complexity index is 595. The maximum absolute atomic E-state index is 11.5. The number of hydrogen-bond donors (Lipinski definition) is 1. The molecule has 19 heavy (non-hydrogen) atoms. The first kappa shape index (κ1) is 13.9. The Labute approximate surface area is 112 Å². The van der Waals surface area contributed by atoms with Gasteiger partial charge in [-0.05, 0) is 30.2 Å². The highest BCUT2D eigenvalue weighted by Crippen LogP contribution is 2.28. The molecule has 0 amide bonds. The molecule has 0 aliphatic carbocycles. The van der Waals surface area contributed by atoms with Gasteiger partial charge in [-0.2, -0.15) is 0 Å². The summed E-state index contributed by atoms with van der Waals surface area (Å²) in [6.45, 7) is 2.86. The van der Waals surface area contributed by atoms with Crippen molar-refractivity contribution >= 4 is 21.5 Å². The fourth-order valence-corrected chi connectivity index (χ4v) is 3.02. The SMILES string of the molecule is CCS(=O)(=O)CCN1CCc2cc(C(=O)O)ccc21. The van der Waals surface area contributed by atoms with E-state index in [2.05, 4.69) is 0 Å². The van der Waals surface area contributed by atoms with E-state index in [1.807, 2.05) is 4.90 Å². The summed E-state index contributed by atoms with van der Waals surface area (Å²) in [5, 5.41) is 8.93. The average molecular weight is 283 g/mol. The highest BCUT2D eigenvalue weighted by Gasteiger charge is 2.21.